The zero-order chi connectivity index (χ0) is 13.5. The zero-order valence-corrected chi connectivity index (χ0v) is 11.8. The SMILES string of the molecule is NC1CC[C@@H]2CCCCCC[C@@H]3CCC(C(=O)O)[C@@]132. The number of carboxylic acid groups (broad SMARTS) is 1. The van der Waals surface area contributed by atoms with E-state index < -0.39 is 5.97 Å². The summed E-state index contributed by atoms with van der Waals surface area (Å²) in [5.41, 5.74) is 6.44. The Morgan fingerprint density at radius 2 is 1.47 bits per heavy atom. The van der Waals surface area contributed by atoms with Crippen LogP contribution in [0.15, 0.2) is 0 Å². The van der Waals surface area contributed by atoms with Gasteiger partial charge in [-0.3, -0.25) is 4.79 Å². The van der Waals surface area contributed by atoms with Crippen molar-refractivity contribution in [1.82, 2.24) is 0 Å². The van der Waals surface area contributed by atoms with E-state index in [2.05, 4.69) is 0 Å². The molecule has 3 aliphatic rings. The van der Waals surface area contributed by atoms with Gasteiger partial charge >= 0.3 is 5.97 Å². The second kappa shape index (κ2) is 5.08. The zero-order valence-electron chi connectivity index (χ0n) is 11.8. The monoisotopic (exact) mass is 265 g/mol. The van der Waals surface area contributed by atoms with Crippen LogP contribution in [0.25, 0.3) is 0 Å². The lowest BCUT2D eigenvalue weighted by Gasteiger charge is -2.44. The predicted molar refractivity (Wildman–Crippen MR) is 74.7 cm³/mol. The quantitative estimate of drug-likeness (QED) is 0.765. The van der Waals surface area contributed by atoms with Gasteiger partial charge in [-0.2, -0.15) is 0 Å². The molecule has 0 aliphatic heterocycles. The highest BCUT2D eigenvalue weighted by Gasteiger charge is 2.62. The van der Waals surface area contributed by atoms with E-state index in [1.165, 1.54) is 44.9 Å². The molecule has 19 heavy (non-hydrogen) atoms. The van der Waals surface area contributed by atoms with E-state index in [4.69, 9.17) is 5.73 Å². The van der Waals surface area contributed by atoms with Gasteiger partial charge in [-0.1, -0.05) is 25.7 Å². The van der Waals surface area contributed by atoms with Crippen LogP contribution in [-0.2, 0) is 4.79 Å². The number of rotatable bonds is 1. The minimum atomic E-state index is -0.580. The molecular formula is C16H27NO2. The lowest BCUT2D eigenvalue weighted by molar-refractivity contribution is -0.148. The van der Waals surface area contributed by atoms with Crippen molar-refractivity contribution in [1.29, 1.82) is 0 Å². The van der Waals surface area contributed by atoms with Gasteiger partial charge in [0.25, 0.3) is 0 Å². The van der Waals surface area contributed by atoms with E-state index in [9.17, 15) is 9.90 Å². The molecule has 1 spiro atoms. The summed E-state index contributed by atoms with van der Waals surface area (Å²) in [5.74, 6) is 0.408. The van der Waals surface area contributed by atoms with Crippen molar-refractivity contribution in [2.45, 2.75) is 70.3 Å². The van der Waals surface area contributed by atoms with Gasteiger partial charge in [-0.25, -0.2) is 0 Å². The first-order valence-corrected chi connectivity index (χ1v) is 8.15. The Bertz CT molecular complexity index is 345. The average molecular weight is 265 g/mol. The van der Waals surface area contributed by atoms with Gasteiger partial charge in [0.15, 0.2) is 0 Å². The highest BCUT2D eigenvalue weighted by Crippen LogP contribution is 2.62. The van der Waals surface area contributed by atoms with E-state index in [0.717, 1.165) is 19.3 Å². The predicted octanol–water partition coefficient (Wildman–Crippen LogP) is 3.18. The molecule has 0 amide bonds. The van der Waals surface area contributed by atoms with Crippen LogP contribution in [0.4, 0.5) is 0 Å². The van der Waals surface area contributed by atoms with Crippen LogP contribution in [-0.4, -0.2) is 17.1 Å². The normalized spacial score (nSPS) is 46.8. The van der Waals surface area contributed by atoms with E-state index in [0.29, 0.717) is 11.8 Å². The van der Waals surface area contributed by atoms with Crippen LogP contribution in [0, 0.1) is 23.2 Å². The molecule has 0 saturated heterocycles. The van der Waals surface area contributed by atoms with Gasteiger partial charge in [0.2, 0.25) is 0 Å². The van der Waals surface area contributed by atoms with Crippen LogP contribution in [0.2, 0.25) is 0 Å². The summed E-state index contributed by atoms with van der Waals surface area (Å²) >= 11 is 0. The highest BCUT2D eigenvalue weighted by molar-refractivity contribution is 5.72. The first-order valence-electron chi connectivity index (χ1n) is 8.15. The third kappa shape index (κ3) is 1.93. The third-order valence-electron chi connectivity index (χ3n) is 6.44. The van der Waals surface area contributed by atoms with E-state index in [1.54, 1.807) is 0 Å². The summed E-state index contributed by atoms with van der Waals surface area (Å²) in [6.45, 7) is 0. The molecule has 3 rings (SSSR count). The van der Waals surface area contributed by atoms with Crippen LogP contribution < -0.4 is 5.73 Å². The molecular weight excluding hydrogens is 238 g/mol. The number of nitrogens with two attached hydrogens (primary N) is 1. The minimum absolute atomic E-state index is 0.0594. The van der Waals surface area contributed by atoms with Crippen LogP contribution in [0.1, 0.15) is 64.2 Å². The molecule has 0 aromatic heterocycles. The smallest absolute Gasteiger partial charge is 0.307 e. The summed E-state index contributed by atoms with van der Waals surface area (Å²) < 4.78 is 0. The van der Waals surface area contributed by atoms with Crippen molar-refractivity contribution in [2.75, 3.05) is 0 Å². The average Bonchev–Trinajstić information content (AvgIpc) is 2.90. The Balaban J connectivity index is 1.99. The molecule has 3 aliphatic carbocycles. The Morgan fingerprint density at radius 3 is 2.05 bits per heavy atom. The maximum absolute atomic E-state index is 11.8. The van der Waals surface area contributed by atoms with Gasteiger partial charge in [-0.15, -0.1) is 0 Å². The second-order valence-electron chi connectivity index (χ2n) is 7.04. The first kappa shape index (κ1) is 13.4. The molecule has 3 fully saturated rings. The molecule has 0 aromatic rings. The van der Waals surface area contributed by atoms with Crippen LogP contribution in [0.3, 0.4) is 0 Å². The molecule has 3 nitrogen and oxygen atoms in total. The highest BCUT2D eigenvalue weighted by atomic mass is 16.4. The van der Waals surface area contributed by atoms with Crippen molar-refractivity contribution in [2.24, 2.45) is 28.9 Å². The number of hydrogen-bond acceptors (Lipinski definition) is 2. The fraction of sp³-hybridized carbons (Fsp3) is 0.938. The molecule has 5 atom stereocenters. The Kier molecular flexibility index (Phi) is 3.59. The topological polar surface area (TPSA) is 63.3 Å². The van der Waals surface area contributed by atoms with Gasteiger partial charge in [0, 0.05) is 11.5 Å². The van der Waals surface area contributed by atoms with Gasteiger partial charge in [0.05, 0.1) is 5.92 Å². The van der Waals surface area contributed by atoms with Crippen molar-refractivity contribution in [3.8, 4) is 0 Å². The molecule has 0 aromatic carbocycles. The first-order chi connectivity index (χ1) is 9.17. The maximum atomic E-state index is 11.8. The molecule has 0 radical (unpaired) electrons. The molecule has 2 unspecified atom stereocenters. The van der Waals surface area contributed by atoms with E-state index >= 15 is 0 Å². The number of carboxylic acids is 1. The fourth-order valence-corrected chi connectivity index (χ4v) is 5.78. The standard InChI is InChI=1S/C16H27NO2/c17-14-10-8-12-6-4-2-1-3-5-11-7-9-13(15(18)19)16(11,12)14/h11-14H,1-10,17H2,(H,18,19)/t11-,12+,13?,14?,16-/m1/s1. The molecule has 3 N–H and O–H groups in total. The summed E-state index contributed by atoms with van der Waals surface area (Å²) in [5, 5.41) is 9.69. The summed E-state index contributed by atoms with van der Waals surface area (Å²) in [6.07, 6.45) is 11.8. The van der Waals surface area contributed by atoms with E-state index in [1.807, 2.05) is 0 Å². The van der Waals surface area contributed by atoms with Gasteiger partial charge < -0.3 is 10.8 Å². The second-order valence-corrected chi connectivity index (χ2v) is 7.04. The number of hydrogen-bond donors (Lipinski definition) is 2. The molecule has 3 saturated carbocycles. The van der Waals surface area contributed by atoms with Crippen LogP contribution >= 0.6 is 0 Å². The lowest BCUT2D eigenvalue weighted by atomic mass is 9.61. The molecule has 3 heteroatoms. The summed E-state index contributed by atoms with van der Waals surface area (Å²) in [4.78, 5) is 11.8. The van der Waals surface area contributed by atoms with Crippen molar-refractivity contribution < 1.29 is 9.90 Å². The summed E-state index contributed by atoms with van der Waals surface area (Å²) in [6, 6.07) is 0.129. The van der Waals surface area contributed by atoms with Gasteiger partial charge in [0.1, 0.15) is 0 Å². The summed E-state index contributed by atoms with van der Waals surface area (Å²) in [7, 11) is 0. The Labute approximate surface area is 115 Å². The van der Waals surface area contributed by atoms with Crippen LogP contribution in [0.5, 0.6) is 0 Å². The lowest BCUT2D eigenvalue weighted by Crippen LogP contribution is -2.50. The third-order valence-corrected chi connectivity index (χ3v) is 6.44. The Hall–Kier alpha value is -0.570. The maximum Gasteiger partial charge on any atom is 0.307 e. The van der Waals surface area contributed by atoms with Gasteiger partial charge in [-0.05, 0) is 50.4 Å². The Morgan fingerprint density at radius 1 is 0.895 bits per heavy atom. The van der Waals surface area contributed by atoms with E-state index in [-0.39, 0.29) is 17.4 Å². The molecule has 108 valence electrons. The fourth-order valence-electron chi connectivity index (χ4n) is 5.78. The van der Waals surface area contributed by atoms with Crippen molar-refractivity contribution >= 4 is 5.97 Å². The van der Waals surface area contributed by atoms with Crippen molar-refractivity contribution in [3.05, 3.63) is 0 Å². The molecule has 0 heterocycles. The molecule has 0 bridgehead atoms. The van der Waals surface area contributed by atoms with Crippen molar-refractivity contribution in [3.63, 3.8) is 0 Å². The number of aliphatic carboxylic acids is 1. The minimum Gasteiger partial charge on any atom is -0.481 e. The number of carbonyl (C=O) groups is 1. The largest absolute Gasteiger partial charge is 0.481 e.